The van der Waals surface area contributed by atoms with Gasteiger partial charge in [-0.25, -0.2) is 0 Å². The maximum atomic E-state index is 12.7. The first-order chi connectivity index (χ1) is 14.1. The Labute approximate surface area is 179 Å². The van der Waals surface area contributed by atoms with Crippen LogP contribution in [-0.2, 0) is 17.0 Å². The van der Waals surface area contributed by atoms with E-state index < -0.39 is 0 Å². The molecule has 1 N–H and O–H groups in total. The number of benzene rings is 2. The van der Waals surface area contributed by atoms with Gasteiger partial charge in [0.25, 0.3) is 0 Å². The number of para-hydroxylation sites is 1. The number of amides is 1. The number of thioether (sulfide) groups is 1. The fourth-order valence-electron chi connectivity index (χ4n) is 2.85. The Hall–Kier alpha value is -2.64. The molecular formula is C22H23NO4S2. The minimum Gasteiger partial charge on any atom is -0.493 e. The van der Waals surface area contributed by atoms with E-state index in [4.69, 9.17) is 14.2 Å². The number of ether oxygens (including phenoxy) is 3. The monoisotopic (exact) mass is 429 g/mol. The van der Waals surface area contributed by atoms with Crippen LogP contribution in [0.5, 0.6) is 17.2 Å². The molecule has 0 unspecified atom stereocenters. The van der Waals surface area contributed by atoms with Gasteiger partial charge in [0, 0.05) is 10.6 Å². The lowest BCUT2D eigenvalue weighted by Gasteiger charge is -2.14. The largest absolute Gasteiger partial charge is 0.493 e. The van der Waals surface area contributed by atoms with Crippen molar-refractivity contribution in [3.63, 3.8) is 0 Å². The summed E-state index contributed by atoms with van der Waals surface area (Å²) >= 11 is 3.39. The summed E-state index contributed by atoms with van der Waals surface area (Å²) in [6.45, 7) is 0. The van der Waals surface area contributed by atoms with Gasteiger partial charge < -0.3 is 19.5 Å². The van der Waals surface area contributed by atoms with Crippen LogP contribution in [0.4, 0.5) is 5.69 Å². The predicted molar refractivity (Wildman–Crippen MR) is 119 cm³/mol. The fraction of sp³-hybridized carbons (Fsp3) is 0.227. The molecule has 0 radical (unpaired) electrons. The van der Waals surface area contributed by atoms with Crippen LogP contribution < -0.4 is 19.5 Å². The summed E-state index contributed by atoms with van der Waals surface area (Å²) in [5, 5.41) is 7.23. The Bertz CT molecular complexity index is 932. The van der Waals surface area contributed by atoms with Crippen molar-refractivity contribution in [3.05, 3.63) is 64.4 Å². The number of carbonyl (C=O) groups is 1. The summed E-state index contributed by atoms with van der Waals surface area (Å²) in [5.41, 5.74) is 2.86. The van der Waals surface area contributed by atoms with E-state index in [-0.39, 0.29) is 12.3 Å². The fourth-order valence-corrected chi connectivity index (χ4v) is 4.57. The molecule has 2 aromatic carbocycles. The third-order valence-electron chi connectivity index (χ3n) is 4.22. The van der Waals surface area contributed by atoms with E-state index in [1.807, 2.05) is 24.3 Å². The minimum absolute atomic E-state index is 0.108. The SMILES string of the molecule is COc1cc(CC(=O)Nc2ccccc2SCc2ccsc2)cc(OC)c1OC. The molecule has 0 aliphatic rings. The highest BCUT2D eigenvalue weighted by Gasteiger charge is 2.15. The third kappa shape index (κ3) is 5.46. The molecule has 1 heterocycles. The summed E-state index contributed by atoms with van der Waals surface area (Å²) in [7, 11) is 4.67. The molecule has 7 heteroatoms. The zero-order valence-electron chi connectivity index (χ0n) is 16.6. The first kappa shape index (κ1) is 21.1. The molecule has 3 aromatic rings. The summed E-state index contributed by atoms with van der Waals surface area (Å²) in [6, 6.07) is 13.5. The lowest BCUT2D eigenvalue weighted by atomic mass is 10.1. The second kappa shape index (κ2) is 10.2. The van der Waals surface area contributed by atoms with Gasteiger partial charge in [-0.2, -0.15) is 11.3 Å². The summed E-state index contributed by atoms with van der Waals surface area (Å²) in [4.78, 5) is 13.7. The Morgan fingerprint density at radius 1 is 1.00 bits per heavy atom. The molecule has 152 valence electrons. The van der Waals surface area contributed by atoms with Gasteiger partial charge in [-0.1, -0.05) is 12.1 Å². The van der Waals surface area contributed by atoms with Crippen molar-refractivity contribution in [2.45, 2.75) is 17.1 Å². The first-order valence-corrected chi connectivity index (χ1v) is 10.9. The molecule has 0 aliphatic heterocycles. The van der Waals surface area contributed by atoms with E-state index >= 15 is 0 Å². The van der Waals surface area contributed by atoms with Gasteiger partial charge in [0.15, 0.2) is 11.5 Å². The maximum Gasteiger partial charge on any atom is 0.228 e. The number of nitrogens with one attached hydrogen (secondary N) is 1. The second-order valence-corrected chi connectivity index (χ2v) is 7.97. The zero-order valence-corrected chi connectivity index (χ0v) is 18.2. The van der Waals surface area contributed by atoms with Crippen LogP contribution >= 0.6 is 23.1 Å². The van der Waals surface area contributed by atoms with Gasteiger partial charge in [0.05, 0.1) is 33.4 Å². The van der Waals surface area contributed by atoms with Gasteiger partial charge in [0.2, 0.25) is 11.7 Å². The van der Waals surface area contributed by atoms with Crippen LogP contribution in [0.25, 0.3) is 0 Å². The number of thiophene rings is 1. The molecule has 3 rings (SSSR count). The van der Waals surface area contributed by atoms with Crippen molar-refractivity contribution in [2.75, 3.05) is 26.6 Å². The number of carbonyl (C=O) groups excluding carboxylic acids is 1. The number of hydrogen-bond acceptors (Lipinski definition) is 6. The standard InChI is InChI=1S/C22H23NO4S2/c1-25-18-10-16(11-19(26-2)22(18)27-3)12-21(24)23-17-6-4-5-7-20(17)29-14-15-8-9-28-13-15/h4-11,13H,12,14H2,1-3H3,(H,23,24). The third-order valence-corrected chi connectivity index (χ3v) is 6.10. The summed E-state index contributed by atoms with van der Waals surface area (Å²) in [6.07, 6.45) is 0.195. The van der Waals surface area contributed by atoms with Crippen molar-refractivity contribution in [1.82, 2.24) is 0 Å². The van der Waals surface area contributed by atoms with Crippen LogP contribution in [0.1, 0.15) is 11.1 Å². The quantitative estimate of drug-likeness (QED) is 0.471. The van der Waals surface area contributed by atoms with Crippen LogP contribution in [0, 0.1) is 0 Å². The van der Waals surface area contributed by atoms with Crippen molar-refractivity contribution in [3.8, 4) is 17.2 Å². The summed E-state index contributed by atoms with van der Waals surface area (Å²) < 4.78 is 16.1. The van der Waals surface area contributed by atoms with Crippen molar-refractivity contribution in [2.24, 2.45) is 0 Å². The van der Waals surface area contributed by atoms with E-state index in [1.54, 1.807) is 56.6 Å². The Morgan fingerprint density at radius 2 is 1.72 bits per heavy atom. The van der Waals surface area contributed by atoms with Crippen LogP contribution in [0.2, 0.25) is 0 Å². The average Bonchev–Trinajstić information content (AvgIpc) is 3.26. The van der Waals surface area contributed by atoms with E-state index in [9.17, 15) is 4.79 Å². The highest BCUT2D eigenvalue weighted by molar-refractivity contribution is 7.98. The van der Waals surface area contributed by atoms with E-state index in [2.05, 4.69) is 22.1 Å². The van der Waals surface area contributed by atoms with E-state index in [1.165, 1.54) is 5.56 Å². The molecule has 1 amide bonds. The number of hydrogen-bond donors (Lipinski definition) is 1. The number of rotatable bonds is 9. The van der Waals surface area contributed by atoms with Crippen molar-refractivity contribution in [1.29, 1.82) is 0 Å². The molecule has 1 aromatic heterocycles. The molecule has 0 aliphatic carbocycles. The van der Waals surface area contributed by atoms with E-state index in [0.717, 1.165) is 21.9 Å². The molecular weight excluding hydrogens is 406 g/mol. The molecule has 0 spiro atoms. The Balaban J connectivity index is 1.71. The highest BCUT2D eigenvalue weighted by atomic mass is 32.2. The molecule has 29 heavy (non-hydrogen) atoms. The van der Waals surface area contributed by atoms with Crippen molar-refractivity contribution < 1.29 is 19.0 Å². The zero-order chi connectivity index (χ0) is 20.6. The van der Waals surface area contributed by atoms with Gasteiger partial charge in [-0.3, -0.25) is 4.79 Å². The van der Waals surface area contributed by atoms with Crippen LogP contribution in [0.15, 0.2) is 58.1 Å². The summed E-state index contributed by atoms with van der Waals surface area (Å²) in [5.74, 6) is 2.32. The molecule has 0 fully saturated rings. The normalized spacial score (nSPS) is 10.4. The molecule has 0 saturated heterocycles. The number of methoxy groups -OCH3 is 3. The number of anilines is 1. The maximum absolute atomic E-state index is 12.7. The Kier molecular flexibility index (Phi) is 7.43. The topological polar surface area (TPSA) is 56.8 Å². The lowest BCUT2D eigenvalue weighted by Crippen LogP contribution is -2.15. The first-order valence-electron chi connectivity index (χ1n) is 8.96. The van der Waals surface area contributed by atoms with Gasteiger partial charge >= 0.3 is 0 Å². The lowest BCUT2D eigenvalue weighted by molar-refractivity contribution is -0.115. The smallest absolute Gasteiger partial charge is 0.228 e. The Morgan fingerprint density at radius 3 is 2.34 bits per heavy atom. The van der Waals surface area contributed by atoms with Gasteiger partial charge in [-0.05, 0) is 52.2 Å². The van der Waals surface area contributed by atoms with Crippen LogP contribution in [0.3, 0.4) is 0 Å². The molecule has 0 bridgehead atoms. The minimum atomic E-state index is -0.108. The second-order valence-electron chi connectivity index (χ2n) is 6.17. The molecule has 0 atom stereocenters. The average molecular weight is 430 g/mol. The van der Waals surface area contributed by atoms with Gasteiger partial charge in [0.1, 0.15) is 0 Å². The predicted octanol–water partition coefficient (Wildman–Crippen LogP) is 5.25. The van der Waals surface area contributed by atoms with Crippen molar-refractivity contribution >= 4 is 34.7 Å². The van der Waals surface area contributed by atoms with Gasteiger partial charge in [-0.15, -0.1) is 11.8 Å². The highest BCUT2D eigenvalue weighted by Crippen LogP contribution is 2.38. The van der Waals surface area contributed by atoms with Crippen LogP contribution in [-0.4, -0.2) is 27.2 Å². The molecule has 5 nitrogen and oxygen atoms in total. The molecule has 0 saturated carbocycles. The van der Waals surface area contributed by atoms with E-state index in [0.29, 0.717) is 17.2 Å².